The molecular weight excluding hydrogens is 499 g/mol. The zero-order chi connectivity index (χ0) is 26.9. The number of hydrogen-bond donors (Lipinski definition) is 1. The fourth-order valence-electron chi connectivity index (χ4n) is 5.87. The summed E-state index contributed by atoms with van der Waals surface area (Å²) in [5, 5.41) is 2.30. The van der Waals surface area contributed by atoms with Gasteiger partial charge in [0.2, 0.25) is 11.8 Å². The van der Waals surface area contributed by atoms with Crippen molar-refractivity contribution in [3.8, 4) is 0 Å². The highest BCUT2D eigenvalue weighted by Gasteiger charge is 2.39. The number of carbonyl (C=O) groups is 3. The third kappa shape index (κ3) is 5.05. The van der Waals surface area contributed by atoms with E-state index in [1.165, 1.54) is 11.0 Å². The summed E-state index contributed by atoms with van der Waals surface area (Å²) in [6.07, 6.45) is 7.79. The van der Waals surface area contributed by atoms with Crippen LogP contribution >= 0.6 is 0 Å². The molecule has 1 unspecified atom stereocenters. The Balaban J connectivity index is 1.14. The van der Waals surface area contributed by atoms with Gasteiger partial charge in [0.15, 0.2) is 0 Å². The van der Waals surface area contributed by atoms with Crippen molar-refractivity contribution >= 4 is 17.7 Å². The van der Waals surface area contributed by atoms with Crippen LogP contribution in [0.2, 0.25) is 0 Å². The second-order valence-corrected chi connectivity index (χ2v) is 10.3. The van der Waals surface area contributed by atoms with Gasteiger partial charge in [-0.25, -0.2) is 4.39 Å². The lowest BCUT2D eigenvalue weighted by Gasteiger charge is -2.39. The minimum atomic E-state index is -0.713. The lowest BCUT2D eigenvalue weighted by atomic mass is 9.99. The maximum absolute atomic E-state index is 15.2. The molecule has 2 aromatic heterocycles. The van der Waals surface area contributed by atoms with Crippen LogP contribution in [-0.2, 0) is 22.7 Å². The van der Waals surface area contributed by atoms with Crippen LogP contribution in [0.1, 0.15) is 51.5 Å². The summed E-state index contributed by atoms with van der Waals surface area (Å²) >= 11 is 0. The molecule has 1 aromatic carbocycles. The van der Waals surface area contributed by atoms with Gasteiger partial charge in [0, 0.05) is 81.6 Å². The lowest BCUT2D eigenvalue weighted by molar-refractivity contribution is -0.136. The van der Waals surface area contributed by atoms with Crippen molar-refractivity contribution in [2.24, 2.45) is 0 Å². The first-order valence-corrected chi connectivity index (χ1v) is 13.2. The smallest absolute Gasteiger partial charge is 0.255 e. The van der Waals surface area contributed by atoms with E-state index < -0.39 is 17.8 Å². The molecule has 2 saturated heterocycles. The summed E-state index contributed by atoms with van der Waals surface area (Å²) in [6.45, 7) is 3.78. The van der Waals surface area contributed by atoms with E-state index in [9.17, 15) is 14.4 Å². The molecule has 6 rings (SSSR count). The minimum absolute atomic E-state index is 0.0376. The lowest BCUT2D eigenvalue weighted by Crippen LogP contribution is -2.52. The first-order chi connectivity index (χ1) is 19.0. The molecule has 5 heterocycles. The van der Waals surface area contributed by atoms with Crippen LogP contribution in [-0.4, -0.2) is 74.6 Å². The number of imide groups is 1. The predicted molar refractivity (Wildman–Crippen MR) is 140 cm³/mol. The van der Waals surface area contributed by atoms with Gasteiger partial charge in [-0.1, -0.05) is 12.1 Å². The molecule has 1 atom stereocenters. The van der Waals surface area contributed by atoms with E-state index >= 15 is 4.39 Å². The van der Waals surface area contributed by atoms with Crippen LogP contribution in [0, 0.1) is 5.82 Å². The van der Waals surface area contributed by atoms with Crippen LogP contribution < -0.4 is 5.32 Å². The van der Waals surface area contributed by atoms with Gasteiger partial charge in [-0.3, -0.25) is 39.5 Å². The number of fused-ring (bicyclic) bond motifs is 1. The largest absolute Gasteiger partial charge is 0.322 e. The Morgan fingerprint density at radius 1 is 0.974 bits per heavy atom. The van der Waals surface area contributed by atoms with Crippen LogP contribution in [0.4, 0.5) is 4.39 Å². The van der Waals surface area contributed by atoms with Crippen molar-refractivity contribution < 1.29 is 18.8 Å². The number of rotatable bonds is 6. The number of piperazine rings is 1. The Morgan fingerprint density at radius 3 is 2.28 bits per heavy atom. The van der Waals surface area contributed by atoms with Gasteiger partial charge in [0.25, 0.3) is 5.91 Å². The zero-order valence-corrected chi connectivity index (χ0v) is 21.4. The van der Waals surface area contributed by atoms with Gasteiger partial charge in [-0.2, -0.15) is 0 Å². The van der Waals surface area contributed by atoms with E-state index in [1.54, 1.807) is 18.5 Å². The van der Waals surface area contributed by atoms with E-state index in [2.05, 4.69) is 37.2 Å². The molecule has 3 aromatic rings. The Labute approximate surface area is 225 Å². The molecule has 3 aliphatic heterocycles. The Morgan fingerprint density at radius 2 is 1.67 bits per heavy atom. The average molecular weight is 529 g/mol. The van der Waals surface area contributed by atoms with Crippen LogP contribution in [0.25, 0.3) is 0 Å². The standard InChI is InChI=1S/C29H29FN6O3/c30-24-14-23-21(18-36(29(23)39)25-5-6-26(37)33-28(25)38)13-22(24)17-34-9-11-35(12-10-34)27(19-3-1-7-31-15-19)20-4-2-8-32-16-20/h1-4,7-8,13-16,25,27H,5-6,9-12,17-18H2,(H,33,37,38). The molecule has 1 N–H and O–H groups in total. The molecule has 10 heteroatoms. The second-order valence-electron chi connectivity index (χ2n) is 10.3. The van der Waals surface area contributed by atoms with Gasteiger partial charge in [-0.05, 0) is 47.4 Å². The van der Waals surface area contributed by atoms with Crippen molar-refractivity contribution in [2.45, 2.75) is 38.0 Å². The third-order valence-electron chi connectivity index (χ3n) is 7.86. The maximum Gasteiger partial charge on any atom is 0.255 e. The molecule has 0 spiro atoms. The van der Waals surface area contributed by atoms with Gasteiger partial charge in [0.05, 0.1) is 6.04 Å². The number of hydrogen-bond acceptors (Lipinski definition) is 7. The Kier molecular flexibility index (Phi) is 6.88. The van der Waals surface area contributed by atoms with E-state index in [1.807, 2.05) is 24.5 Å². The number of pyridine rings is 2. The number of benzene rings is 1. The SMILES string of the molecule is O=C1CCC(N2Cc3cc(CN4CCN(C(c5cccnc5)c5cccnc5)CC4)c(F)cc3C2=O)C(=O)N1. The van der Waals surface area contributed by atoms with Gasteiger partial charge >= 0.3 is 0 Å². The average Bonchev–Trinajstić information content (AvgIpc) is 3.26. The summed E-state index contributed by atoms with van der Waals surface area (Å²) in [4.78, 5) is 51.5. The molecule has 9 nitrogen and oxygen atoms in total. The highest BCUT2D eigenvalue weighted by Crippen LogP contribution is 2.31. The van der Waals surface area contributed by atoms with E-state index in [4.69, 9.17) is 0 Å². The molecule has 0 saturated carbocycles. The quantitative estimate of drug-likeness (QED) is 0.490. The number of piperidine rings is 1. The first-order valence-electron chi connectivity index (χ1n) is 13.2. The third-order valence-corrected chi connectivity index (χ3v) is 7.86. The Bertz CT molecular complexity index is 1360. The summed E-state index contributed by atoms with van der Waals surface area (Å²) < 4.78 is 15.2. The second kappa shape index (κ2) is 10.6. The normalized spacial score (nSPS) is 20.4. The molecular formula is C29H29FN6O3. The van der Waals surface area contributed by atoms with Gasteiger partial charge in [0.1, 0.15) is 11.9 Å². The fourth-order valence-corrected chi connectivity index (χ4v) is 5.87. The van der Waals surface area contributed by atoms with Crippen molar-refractivity contribution in [1.29, 1.82) is 0 Å². The molecule has 200 valence electrons. The molecule has 3 amide bonds. The molecule has 3 aliphatic rings. The Hall–Kier alpha value is -4.02. The number of carbonyl (C=O) groups excluding carboxylic acids is 3. The molecule has 2 fully saturated rings. The molecule has 0 radical (unpaired) electrons. The van der Waals surface area contributed by atoms with E-state index in [-0.39, 0.29) is 37.2 Å². The summed E-state index contributed by atoms with van der Waals surface area (Å²) in [5.41, 5.74) is 3.76. The van der Waals surface area contributed by atoms with Crippen LogP contribution in [0.15, 0.2) is 61.2 Å². The van der Waals surface area contributed by atoms with Crippen molar-refractivity contribution in [2.75, 3.05) is 26.2 Å². The summed E-state index contributed by atoms with van der Waals surface area (Å²) in [6, 6.07) is 10.4. The monoisotopic (exact) mass is 528 g/mol. The van der Waals surface area contributed by atoms with E-state index in [0.29, 0.717) is 23.2 Å². The summed E-state index contributed by atoms with van der Waals surface area (Å²) in [5.74, 6) is -1.59. The molecule has 0 bridgehead atoms. The highest BCUT2D eigenvalue weighted by atomic mass is 19.1. The first kappa shape index (κ1) is 25.3. The van der Waals surface area contributed by atoms with Crippen molar-refractivity contribution in [1.82, 2.24) is 30.0 Å². The number of amides is 3. The highest BCUT2D eigenvalue weighted by molar-refractivity contribution is 6.05. The van der Waals surface area contributed by atoms with Gasteiger partial charge in [-0.15, -0.1) is 0 Å². The predicted octanol–water partition coefficient (Wildman–Crippen LogP) is 2.28. The van der Waals surface area contributed by atoms with Crippen molar-refractivity contribution in [3.05, 3.63) is 94.8 Å². The number of nitrogens with zero attached hydrogens (tertiary/aromatic N) is 5. The topological polar surface area (TPSA) is 98.7 Å². The van der Waals surface area contributed by atoms with Crippen LogP contribution in [0.5, 0.6) is 0 Å². The maximum atomic E-state index is 15.2. The van der Waals surface area contributed by atoms with Crippen molar-refractivity contribution in [3.63, 3.8) is 0 Å². The molecule has 0 aliphatic carbocycles. The fraction of sp³-hybridized carbons (Fsp3) is 0.345. The van der Waals surface area contributed by atoms with Crippen LogP contribution in [0.3, 0.4) is 0 Å². The zero-order valence-electron chi connectivity index (χ0n) is 21.4. The van der Waals surface area contributed by atoms with Gasteiger partial charge < -0.3 is 4.90 Å². The summed E-state index contributed by atoms with van der Waals surface area (Å²) in [7, 11) is 0. The number of nitrogens with one attached hydrogen (secondary N) is 1. The molecule has 39 heavy (non-hydrogen) atoms. The minimum Gasteiger partial charge on any atom is -0.322 e. The number of halogens is 1. The van der Waals surface area contributed by atoms with E-state index in [0.717, 1.165) is 37.3 Å². The number of aromatic nitrogens is 2.